The van der Waals surface area contributed by atoms with Crippen molar-refractivity contribution in [3.8, 4) is 5.88 Å². The van der Waals surface area contributed by atoms with Crippen molar-refractivity contribution < 1.29 is 4.74 Å². The molecule has 0 atom stereocenters. The molecule has 1 fully saturated rings. The van der Waals surface area contributed by atoms with Gasteiger partial charge in [-0.15, -0.1) is 0 Å². The first-order chi connectivity index (χ1) is 9.63. The van der Waals surface area contributed by atoms with Crippen LogP contribution in [0.25, 0.3) is 0 Å². The topological polar surface area (TPSA) is 76.8 Å². The highest BCUT2D eigenvalue weighted by molar-refractivity contribution is 5.93. The molecule has 7 nitrogen and oxygen atoms in total. The molecule has 108 valence electrons. The van der Waals surface area contributed by atoms with Crippen LogP contribution >= 0.6 is 0 Å². The monoisotopic (exact) mass is 276 g/mol. The van der Waals surface area contributed by atoms with Gasteiger partial charge in [-0.25, -0.2) is 4.99 Å². The number of pyridine rings is 1. The molecule has 1 aliphatic heterocycles. The second-order valence-electron chi connectivity index (χ2n) is 4.65. The molecule has 0 aliphatic carbocycles. The number of ether oxygens (including phenoxy) is 1. The molecule has 0 aromatic carbocycles. The summed E-state index contributed by atoms with van der Waals surface area (Å²) in [4.78, 5) is 12.4. The van der Waals surface area contributed by atoms with Crippen LogP contribution in [0, 0.1) is 5.41 Å². The third-order valence-corrected chi connectivity index (χ3v) is 3.28. The van der Waals surface area contributed by atoms with Crippen molar-refractivity contribution in [3.05, 3.63) is 12.1 Å². The van der Waals surface area contributed by atoms with Gasteiger partial charge in [-0.2, -0.15) is 4.98 Å². The minimum Gasteiger partial charge on any atom is -0.479 e. The minimum absolute atomic E-state index is 0.0353. The van der Waals surface area contributed by atoms with Crippen molar-refractivity contribution in [1.29, 1.82) is 5.41 Å². The van der Waals surface area contributed by atoms with Gasteiger partial charge in [0.05, 0.1) is 7.11 Å². The highest BCUT2D eigenvalue weighted by Crippen LogP contribution is 2.28. The summed E-state index contributed by atoms with van der Waals surface area (Å²) in [5.41, 5.74) is 0.976. The summed E-state index contributed by atoms with van der Waals surface area (Å²) in [7, 11) is 3.72. The maximum absolute atomic E-state index is 7.44. The summed E-state index contributed by atoms with van der Waals surface area (Å²) in [5, 5.41) is 10.2. The number of hydrogen-bond donors (Lipinski definition) is 2. The predicted octanol–water partition coefficient (Wildman–Crippen LogP) is 0.889. The van der Waals surface area contributed by atoms with Crippen LogP contribution in [0.3, 0.4) is 0 Å². The number of methoxy groups -OCH3 is 1. The van der Waals surface area contributed by atoms with E-state index < -0.39 is 0 Å². The van der Waals surface area contributed by atoms with Gasteiger partial charge in [0, 0.05) is 26.2 Å². The lowest BCUT2D eigenvalue weighted by Gasteiger charge is -2.34. The van der Waals surface area contributed by atoms with E-state index in [0.29, 0.717) is 11.7 Å². The van der Waals surface area contributed by atoms with Gasteiger partial charge in [0.2, 0.25) is 11.8 Å². The molecule has 0 radical (unpaired) electrons. The number of piperazine rings is 1. The van der Waals surface area contributed by atoms with Crippen molar-refractivity contribution >= 4 is 24.2 Å². The van der Waals surface area contributed by atoms with Crippen LogP contribution in [0.1, 0.15) is 0 Å². The van der Waals surface area contributed by atoms with Crippen LogP contribution in [0.4, 0.5) is 11.5 Å². The lowest BCUT2D eigenvalue weighted by molar-refractivity contribution is 0.310. The van der Waals surface area contributed by atoms with Gasteiger partial charge >= 0.3 is 0 Å². The summed E-state index contributed by atoms with van der Waals surface area (Å²) in [6, 6.07) is 3.77. The van der Waals surface area contributed by atoms with Gasteiger partial charge in [0.25, 0.3) is 0 Å². The number of guanidine groups is 1. The second kappa shape index (κ2) is 6.33. The van der Waals surface area contributed by atoms with Crippen molar-refractivity contribution in [2.75, 3.05) is 50.6 Å². The minimum atomic E-state index is -0.0353. The Hall–Kier alpha value is -2.15. The summed E-state index contributed by atoms with van der Waals surface area (Å²) in [5.74, 6) is 1.04. The number of nitrogens with one attached hydrogen (secondary N) is 2. The fourth-order valence-electron chi connectivity index (χ4n) is 2.10. The van der Waals surface area contributed by atoms with E-state index in [2.05, 4.69) is 38.9 Å². The third kappa shape index (κ3) is 3.24. The third-order valence-electron chi connectivity index (χ3n) is 3.28. The van der Waals surface area contributed by atoms with Crippen LogP contribution in [0.2, 0.25) is 0 Å². The van der Waals surface area contributed by atoms with Crippen molar-refractivity contribution in [1.82, 2.24) is 9.88 Å². The van der Waals surface area contributed by atoms with Crippen molar-refractivity contribution in [3.63, 3.8) is 0 Å². The number of aliphatic imine (C=N–C) groups is 1. The van der Waals surface area contributed by atoms with Crippen LogP contribution in [0.5, 0.6) is 5.88 Å². The number of aromatic nitrogens is 1. The zero-order chi connectivity index (χ0) is 14.5. The summed E-state index contributed by atoms with van der Waals surface area (Å²) in [6.07, 6.45) is 0. The SMILES string of the molecule is C=NC(=N)Nc1ccc(N2CCN(C)CC2)c(OC)n1. The smallest absolute Gasteiger partial charge is 0.239 e. The fourth-order valence-corrected chi connectivity index (χ4v) is 2.10. The molecule has 1 aromatic heterocycles. The lowest BCUT2D eigenvalue weighted by Crippen LogP contribution is -2.44. The first kappa shape index (κ1) is 14.3. The Balaban J connectivity index is 2.17. The molecule has 1 aliphatic rings. The standard InChI is InChI=1S/C13H20N6O/c1-15-13(14)17-11-5-4-10(12(16-11)20-3)19-8-6-18(2)7-9-19/h4-5H,1,6-9H2,2-3H3,(H2,14,16,17). The summed E-state index contributed by atoms with van der Waals surface area (Å²) >= 11 is 0. The van der Waals surface area contributed by atoms with Crippen LogP contribution in [-0.2, 0) is 0 Å². The largest absolute Gasteiger partial charge is 0.479 e. The van der Waals surface area contributed by atoms with Gasteiger partial charge in [-0.3, -0.25) is 5.41 Å². The average molecular weight is 276 g/mol. The number of anilines is 2. The van der Waals surface area contributed by atoms with Gasteiger partial charge in [-0.1, -0.05) is 0 Å². The first-order valence-corrected chi connectivity index (χ1v) is 6.45. The van der Waals surface area contributed by atoms with E-state index in [1.807, 2.05) is 12.1 Å². The van der Waals surface area contributed by atoms with Gasteiger partial charge in [-0.05, 0) is 25.9 Å². The molecule has 1 saturated heterocycles. The molecule has 0 spiro atoms. The van der Waals surface area contributed by atoms with E-state index in [1.54, 1.807) is 7.11 Å². The number of likely N-dealkylation sites (N-methyl/N-ethyl adjacent to an activating group) is 1. The van der Waals surface area contributed by atoms with E-state index in [9.17, 15) is 0 Å². The zero-order valence-electron chi connectivity index (χ0n) is 11.9. The number of hydrogen-bond acceptors (Lipinski definition) is 5. The molecule has 0 unspecified atom stereocenters. The van der Waals surface area contributed by atoms with Crippen LogP contribution in [-0.4, -0.2) is 62.9 Å². The van der Waals surface area contributed by atoms with Crippen molar-refractivity contribution in [2.24, 2.45) is 4.99 Å². The molecule has 0 bridgehead atoms. The van der Waals surface area contributed by atoms with E-state index in [4.69, 9.17) is 10.1 Å². The Morgan fingerprint density at radius 2 is 2.10 bits per heavy atom. The maximum Gasteiger partial charge on any atom is 0.239 e. The Morgan fingerprint density at radius 1 is 1.40 bits per heavy atom. The molecule has 0 amide bonds. The first-order valence-electron chi connectivity index (χ1n) is 6.45. The van der Waals surface area contributed by atoms with E-state index in [1.165, 1.54) is 0 Å². The van der Waals surface area contributed by atoms with E-state index in [-0.39, 0.29) is 5.96 Å². The predicted molar refractivity (Wildman–Crippen MR) is 81.4 cm³/mol. The Bertz CT molecular complexity index is 496. The quantitative estimate of drug-likeness (QED) is 0.633. The Labute approximate surface area is 118 Å². The second-order valence-corrected chi connectivity index (χ2v) is 4.65. The zero-order valence-corrected chi connectivity index (χ0v) is 11.9. The molecule has 2 rings (SSSR count). The molecule has 0 saturated carbocycles. The normalized spacial score (nSPS) is 15.8. The molecule has 1 aromatic rings. The lowest BCUT2D eigenvalue weighted by atomic mass is 10.2. The highest BCUT2D eigenvalue weighted by Gasteiger charge is 2.18. The average Bonchev–Trinajstić information content (AvgIpc) is 2.48. The van der Waals surface area contributed by atoms with Crippen LogP contribution in [0.15, 0.2) is 17.1 Å². The number of nitrogens with zero attached hydrogens (tertiary/aromatic N) is 4. The molecule has 7 heteroatoms. The van der Waals surface area contributed by atoms with Gasteiger partial charge in [0.15, 0.2) is 0 Å². The van der Waals surface area contributed by atoms with Gasteiger partial charge < -0.3 is 19.9 Å². The summed E-state index contributed by atoms with van der Waals surface area (Å²) < 4.78 is 5.36. The highest BCUT2D eigenvalue weighted by atomic mass is 16.5. The molecule has 20 heavy (non-hydrogen) atoms. The summed E-state index contributed by atoms with van der Waals surface area (Å²) in [6.45, 7) is 7.23. The van der Waals surface area contributed by atoms with Crippen molar-refractivity contribution in [2.45, 2.75) is 0 Å². The van der Waals surface area contributed by atoms with Crippen LogP contribution < -0.4 is 15.0 Å². The molecule has 2 heterocycles. The number of rotatable bonds is 3. The molecular weight excluding hydrogens is 256 g/mol. The fraction of sp³-hybridized carbons (Fsp3) is 0.462. The Morgan fingerprint density at radius 3 is 2.70 bits per heavy atom. The molecular formula is C13H20N6O. The van der Waals surface area contributed by atoms with E-state index in [0.717, 1.165) is 31.9 Å². The van der Waals surface area contributed by atoms with E-state index >= 15 is 0 Å². The molecule has 2 N–H and O–H groups in total. The van der Waals surface area contributed by atoms with Gasteiger partial charge in [0.1, 0.15) is 11.5 Å². The Kier molecular flexibility index (Phi) is 4.52. The maximum atomic E-state index is 7.44.